The minimum atomic E-state index is -1.13. The fourth-order valence-electron chi connectivity index (χ4n) is 5.26. The van der Waals surface area contributed by atoms with Crippen molar-refractivity contribution in [1.82, 2.24) is 4.90 Å². The Balaban J connectivity index is 3.59. The van der Waals surface area contributed by atoms with Crippen LogP contribution in [-0.2, 0) is 4.74 Å². The Morgan fingerprint density at radius 2 is 1.13 bits per heavy atom. The Kier molecular flexibility index (Phi) is 29.1. The van der Waals surface area contributed by atoms with Gasteiger partial charge < -0.3 is 19.8 Å². The maximum Gasteiger partial charge on any atom is 0.506 e. The van der Waals surface area contributed by atoms with Crippen LogP contribution in [0.15, 0.2) is 12.2 Å². The van der Waals surface area contributed by atoms with E-state index in [2.05, 4.69) is 38.1 Å². The molecular weight excluding hydrogens is 486 g/mol. The highest BCUT2D eigenvalue weighted by Gasteiger charge is 2.13. The van der Waals surface area contributed by atoms with Crippen LogP contribution in [-0.4, -0.2) is 54.1 Å². The van der Waals surface area contributed by atoms with E-state index in [1.54, 1.807) is 0 Å². The van der Waals surface area contributed by atoms with Gasteiger partial charge in [0.05, 0.1) is 6.10 Å². The lowest BCUT2D eigenvalue weighted by atomic mass is 10.0. The normalized spacial score (nSPS) is 13.4. The van der Waals surface area contributed by atoms with Gasteiger partial charge in [0.2, 0.25) is 0 Å². The molecule has 0 aliphatic heterocycles. The van der Waals surface area contributed by atoms with Gasteiger partial charge in [-0.05, 0) is 78.4 Å². The van der Waals surface area contributed by atoms with E-state index in [4.69, 9.17) is 9.84 Å². The standard InChI is InChI=1S/C34H67NO4/c1-4-5-6-7-8-14-19-24-29-33(39-34(37)38)30-25-20-15-10-9-12-17-22-27-32(36)28-23-18-13-11-16-21-26-31-35(2)3/h17,22,32-33,36H,4-16,18-21,23-31H2,1-3H3,(H,37,38)/b22-17-. The molecule has 0 aromatic carbocycles. The van der Waals surface area contributed by atoms with Crippen LogP contribution in [0.2, 0.25) is 0 Å². The van der Waals surface area contributed by atoms with Crippen molar-refractivity contribution in [2.75, 3.05) is 20.6 Å². The molecule has 5 nitrogen and oxygen atoms in total. The largest absolute Gasteiger partial charge is 0.506 e. The van der Waals surface area contributed by atoms with Crippen molar-refractivity contribution in [2.45, 2.75) is 180 Å². The number of nitrogens with zero attached hydrogens (tertiary/aromatic N) is 1. The van der Waals surface area contributed by atoms with Crippen LogP contribution >= 0.6 is 0 Å². The van der Waals surface area contributed by atoms with Crippen LogP contribution in [0.4, 0.5) is 4.79 Å². The Morgan fingerprint density at radius 3 is 1.64 bits per heavy atom. The smallest absolute Gasteiger partial charge is 0.450 e. The van der Waals surface area contributed by atoms with Crippen molar-refractivity contribution in [3.63, 3.8) is 0 Å². The molecule has 0 spiro atoms. The molecule has 0 fully saturated rings. The number of carbonyl (C=O) groups is 1. The minimum Gasteiger partial charge on any atom is -0.450 e. The van der Waals surface area contributed by atoms with Gasteiger partial charge in [-0.15, -0.1) is 0 Å². The molecule has 0 aromatic heterocycles. The molecular formula is C34H67NO4. The van der Waals surface area contributed by atoms with Gasteiger partial charge in [0, 0.05) is 0 Å². The first-order chi connectivity index (χ1) is 19.0. The molecule has 0 heterocycles. The van der Waals surface area contributed by atoms with E-state index >= 15 is 0 Å². The van der Waals surface area contributed by atoms with Crippen LogP contribution in [0.5, 0.6) is 0 Å². The second-order valence-electron chi connectivity index (χ2n) is 12.0. The fourth-order valence-corrected chi connectivity index (χ4v) is 5.26. The summed E-state index contributed by atoms with van der Waals surface area (Å²) < 4.78 is 5.15. The molecule has 0 aliphatic rings. The van der Waals surface area contributed by atoms with Crippen molar-refractivity contribution in [1.29, 1.82) is 0 Å². The first-order valence-electron chi connectivity index (χ1n) is 16.8. The van der Waals surface area contributed by atoms with E-state index in [0.717, 1.165) is 57.8 Å². The van der Waals surface area contributed by atoms with Gasteiger partial charge in [-0.3, -0.25) is 0 Å². The van der Waals surface area contributed by atoms with E-state index in [1.165, 1.54) is 109 Å². The van der Waals surface area contributed by atoms with Gasteiger partial charge >= 0.3 is 6.16 Å². The third kappa shape index (κ3) is 31.3. The molecule has 2 unspecified atom stereocenters. The van der Waals surface area contributed by atoms with E-state index in [9.17, 15) is 9.90 Å². The maximum absolute atomic E-state index is 11.0. The number of carboxylic acid groups (broad SMARTS) is 1. The number of aliphatic hydroxyl groups excluding tert-OH is 1. The maximum atomic E-state index is 11.0. The van der Waals surface area contributed by atoms with Crippen molar-refractivity contribution in [2.24, 2.45) is 0 Å². The zero-order valence-electron chi connectivity index (χ0n) is 26.4. The number of hydrogen-bond donors (Lipinski definition) is 2. The quantitative estimate of drug-likeness (QED) is 0.0526. The van der Waals surface area contributed by atoms with Crippen LogP contribution in [0.25, 0.3) is 0 Å². The molecule has 0 saturated heterocycles. The van der Waals surface area contributed by atoms with Crippen LogP contribution < -0.4 is 0 Å². The SMILES string of the molecule is CCCCCCCCCCC(CCCCCCC/C=C\CC(O)CCCCCCCCCN(C)C)OC(=O)O. The van der Waals surface area contributed by atoms with E-state index < -0.39 is 6.16 Å². The summed E-state index contributed by atoms with van der Waals surface area (Å²) in [6.45, 7) is 3.44. The highest BCUT2D eigenvalue weighted by Crippen LogP contribution is 2.18. The van der Waals surface area contributed by atoms with Gasteiger partial charge in [0.25, 0.3) is 0 Å². The summed E-state index contributed by atoms with van der Waals surface area (Å²) in [5, 5.41) is 19.2. The molecule has 5 heteroatoms. The third-order valence-corrected chi connectivity index (χ3v) is 7.76. The Morgan fingerprint density at radius 1 is 0.667 bits per heavy atom. The zero-order valence-corrected chi connectivity index (χ0v) is 26.4. The zero-order chi connectivity index (χ0) is 28.8. The molecule has 2 N–H and O–H groups in total. The van der Waals surface area contributed by atoms with Gasteiger partial charge in [0.15, 0.2) is 0 Å². The summed E-state index contributed by atoms with van der Waals surface area (Å²) in [6.07, 6.45) is 32.4. The number of aliphatic hydroxyl groups is 1. The average Bonchev–Trinajstić information content (AvgIpc) is 2.89. The summed E-state index contributed by atoms with van der Waals surface area (Å²) in [5.41, 5.74) is 0. The molecule has 0 radical (unpaired) electrons. The second-order valence-corrected chi connectivity index (χ2v) is 12.0. The Labute approximate surface area is 243 Å². The molecule has 0 rings (SSSR count). The first-order valence-corrected chi connectivity index (χ1v) is 16.8. The molecule has 0 bridgehead atoms. The molecule has 0 saturated carbocycles. The minimum absolute atomic E-state index is 0.130. The van der Waals surface area contributed by atoms with Gasteiger partial charge in [-0.1, -0.05) is 122 Å². The van der Waals surface area contributed by atoms with Crippen molar-refractivity contribution in [3.8, 4) is 0 Å². The second kappa shape index (κ2) is 29.9. The molecule has 0 aromatic rings. The first kappa shape index (κ1) is 37.9. The lowest BCUT2D eigenvalue weighted by Gasteiger charge is -2.15. The average molecular weight is 554 g/mol. The highest BCUT2D eigenvalue weighted by atomic mass is 16.7. The number of ether oxygens (including phenoxy) is 1. The van der Waals surface area contributed by atoms with Crippen molar-refractivity contribution in [3.05, 3.63) is 12.2 Å². The Bertz CT molecular complexity index is 537. The van der Waals surface area contributed by atoms with E-state index in [0.29, 0.717) is 0 Å². The van der Waals surface area contributed by atoms with Crippen molar-refractivity contribution >= 4 is 6.16 Å². The topological polar surface area (TPSA) is 70.0 Å². The molecule has 39 heavy (non-hydrogen) atoms. The molecule has 0 aliphatic carbocycles. The number of rotatable bonds is 30. The van der Waals surface area contributed by atoms with Gasteiger partial charge in [-0.2, -0.15) is 0 Å². The molecule has 0 amide bonds. The lowest BCUT2D eigenvalue weighted by Crippen LogP contribution is -2.16. The molecule has 2 atom stereocenters. The van der Waals surface area contributed by atoms with Gasteiger partial charge in [0.1, 0.15) is 6.10 Å². The summed E-state index contributed by atoms with van der Waals surface area (Å²) in [5.74, 6) is 0. The lowest BCUT2D eigenvalue weighted by molar-refractivity contribution is 0.0422. The number of allylic oxidation sites excluding steroid dienone is 1. The molecule has 232 valence electrons. The van der Waals surface area contributed by atoms with Crippen molar-refractivity contribution < 1.29 is 19.7 Å². The summed E-state index contributed by atoms with van der Waals surface area (Å²) in [6, 6.07) is 0. The fraction of sp³-hybridized carbons (Fsp3) is 0.912. The van der Waals surface area contributed by atoms with Crippen LogP contribution in [0.3, 0.4) is 0 Å². The third-order valence-electron chi connectivity index (χ3n) is 7.76. The van der Waals surface area contributed by atoms with E-state index in [-0.39, 0.29) is 12.2 Å². The summed E-state index contributed by atoms with van der Waals surface area (Å²) in [7, 11) is 4.28. The Hall–Kier alpha value is -1.07. The summed E-state index contributed by atoms with van der Waals surface area (Å²) in [4.78, 5) is 13.3. The van der Waals surface area contributed by atoms with Crippen LogP contribution in [0, 0.1) is 0 Å². The van der Waals surface area contributed by atoms with Gasteiger partial charge in [-0.25, -0.2) is 4.79 Å². The predicted octanol–water partition coefficient (Wildman–Crippen LogP) is 10.3. The van der Waals surface area contributed by atoms with Crippen LogP contribution in [0.1, 0.15) is 167 Å². The predicted molar refractivity (Wildman–Crippen MR) is 168 cm³/mol. The summed E-state index contributed by atoms with van der Waals surface area (Å²) >= 11 is 0. The highest BCUT2D eigenvalue weighted by molar-refractivity contribution is 5.57. The number of hydrogen-bond acceptors (Lipinski definition) is 4. The van der Waals surface area contributed by atoms with E-state index in [1.807, 2.05) is 0 Å². The number of unbranched alkanes of at least 4 members (excludes halogenated alkanes) is 18. The monoisotopic (exact) mass is 554 g/mol.